The van der Waals surface area contributed by atoms with Gasteiger partial charge in [0, 0.05) is 5.33 Å². The molecule has 0 fully saturated rings. The van der Waals surface area contributed by atoms with Crippen molar-refractivity contribution in [3.63, 3.8) is 0 Å². The van der Waals surface area contributed by atoms with E-state index in [4.69, 9.17) is 27.9 Å². The zero-order valence-corrected chi connectivity index (χ0v) is 18.3. The lowest BCUT2D eigenvalue weighted by atomic mass is 10.4. The standard InChI is InChI=1S/C18H29BrO8S/c19-6-7-22-8-9-23-10-11-24-12-13-25-14-15-26-16-17-27-28(20,21)18-4-2-1-3-5-18/h1-5H,6-17H2. The van der Waals surface area contributed by atoms with E-state index in [2.05, 4.69) is 15.9 Å². The van der Waals surface area contributed by atoms with Crippen LogP contribution in [0.4, 0.5) is 0 Å². The SMILES string of the molecule is O=S(=O)(OCCOCCOCCOCCOCCOCCBr)c1ccccc1. The molecule has 0 atom stereocenters. The molecule has 0 unspecified atom stereocenters. The summed E-state index contributed by atoms with van der Waals surface area (Å²) in [7, 11) is -3.73. The molecule has 10 heteroatoms. The van der Waals surface area contributed by atoms with Crippen LogP contribution < -0.4 is 0 Å². The van der Waals surface area contributed by atoms with Gasteiger partial charge in [-0.15, -0.1) is 0 Å². The third-order valence-corrected chi connectivity index (χ3v) is 4.86. The number of halogens is 1. The van der Waals surface area contributed by atoms with E-state index in [1.165, 1.54) is 12.1 Å². The highest BCUT2D eigenvalue weighted by Gasteiger charge is 2.13. The van der Waals surface area contributed by atoms with Crippen LogP contribution in [-0.4, -0.2) is 86.4 Å². The van der Waals surface area contributed by atoms with Crippen molar-refractivity contribution in [3.05, 3.63) is 30.3 Å². The second-order valence-electron chi connectivity index (χ2n) is 5.34. The first kappa shape index (κ1) is 25.4. The van der Waals surface area contributed by atoms with Crippen LogP contribution in [0.5, 0.6) is 0 Å². The van der Waals surface area contributed by atoms with Crippen LogP contribution in [0.3, 0.4) is 0 Å². The predicted molar refractivity (Wildman–Crippen MR) is 107 cm³/mol. The van der Waals surface area contributed by atoms with Crippen molar-refractivity contribution in [1.29, 1.82) is 0 Å². The molecule has 0 saturated carbocycles. The lowest BCUT2D eigenvalue weighted by Crippen LogP contribution is -2.15. The number of ether oxygens (including phenoxy) is 5. The number of rotatable bonds is 19. The number of hydrogen-bond donors (Lipinski definition) is 0. The molecule has 0 aliphatic heterocycles. The minimum atomic E-state index is -3.73. The minimum Gasteiger partial charge on any atom is -0.378 e. The van der Waals surface area contributed by atoms with Gasteiger partial charge in [-0.05, 0) is 12.1 Å². The van der Waals surface area contributed by atoms with Gasteiger partial charge < -0.3 is 23.7 Å². The summed E-state index contributed by atoms with van der Waals surface area (Å²) in [5.74, 6) is 0. The molecule has 0 heterocycles. The van der Waals surface area contributed by atoms with Gasteiger partial charge in [0.05, 0.1) is 77.6 Å². The number of hydrogen-bond acceptors (Lipinski definition) is 8. The fourth-order valence-corrected chi connectivity index (χ4v) is 3.04. The van der Waals surface area contributed by atoms with E-state index in [1.807, 2.05) is 0 Å². The van der Waals surface area contributed by atoms with Gasteiger partial charge in [-0.2, -0.15) is 8.42 Å². The van der Waals surface area contributed by atoms with Crippen LogP contribution in [0.2, 0.25) is 0 Å². The Balaban J connectivity index is 1.82. The molecule has 0 spiro atoms. The Hall–Kier alpha value is -0.590. The van der Waals surface area contributed by atoms with E-state index in [0.29, 0.717) is 59.5 Å². The van der Waals surface area contributed by atoms with Gasteiger partial charge in [-0.1, -0.05) is 34.1 Å². The maximum atomic E-state index is 11.9. The molecule has 1 aromatic rings. The molecule has 0 amide bonds. The van der Waals surface area contributed by atoms with Crippen molar-refractivity contribution in [2.24, 2.45) is 0 Å². The Morgan fingerprint density at radius 3 is 1.43 bits per heavy atom. The highest BCUT2D eigenvalue weighted by atomic mass is 79.9. The maximum Gasteiger partial charge on any atom is 0.297 e. The third kappa shape index (κ3) is 13.6. The number of alkyl halides is 1. The molecule has 0 aromatic heterocycles. The van der Waals surface area contributed by atoms with Crippen molar-refractivity contribution in [2.45, 2.75) is 4.90 Å². The van der Waals surface area contributed by atoms with Gasteiger partial charge in [-0.3, -0.25) is 4.18 Å². The zero-order chi connectivity index (χ0) is 20.3. The van der Waals surface area contributed by atoms with E-state index in [0.717, 1.165) is 5.33 Å². The first-order valence-corrected chi connectivity index (χ1v) is 11.6. The zero-order valence-electron chi connectivity index (χ0n) is 15.9. The Labute approximate surface area is 175 Å². The van der Waals surface area contributed by atoms with Crippen LogP contribution in [0.1, 0.15) is 0 Å². The third-order valence-electron chi connectivity index (χ3n) is 3.21. The molecule has 1 aromatic carbocycles. The summed E-state index contributed by atoms with van der Waals surface area (Å²) in [6.07, 6.45) is 0. The molecule has 0 aliphatic carbocycles. The fourth-order valence-electron chi connectivity index (χ4n) is 1.89. The topological polar surface area (TPSA) is 89.5 Å². The second kappa shape index (κ2) is 17.3. The lowest BCUT2D eigenvalue weighted by molar-refractivity contribution is -0.0116. The Kier molecular flexibility index (Phi) is 15.7. The predicted octanol–water partition coefficient (Wildman–Crippen LogP) is 1.87. The quantitative estimate of drug-likeness (QED) is 0.167. The van der Waals surface area contributed by atoms with Crippen molar-refractivity contribution < 1.29 is 36.3 Å². The van der Waals surface area contributed by atoms with Crippen LogP contribution >= 0.6 is 15.9 Å². The molecule has 1 rings (SSSR count). The highest BCUT2D eigenvalue weighted by molar-refractivity contribution is 9.09. The Bertz CT molecular complexity index is 570. The summed E-state index contributed by atoms with van der Waals surface area (Å²) < 4.78 is 55.2. The summed E-state index contributed by atoms with van der Waals surface area (Å²) in [6.45, 7) is 4.66. The molecule has 0 saturated heterocycles. The molecule has 0 bridgehead atoms. The molecular formula is C18H29BrO8S. The molecule has 0 radical (unpaired) electrons. The second-order valence-corrected chi connectivity index (χ2v) is 7.75. The summed E-state index contributed by atoms with van der Waals surface area (Å²) in [5, 5.41) is 0.825. The van der Waals surface area contributed by atoms with Gasteiger partial charge in [0.2, 0.25) is 0 Å². The van der Waals surface area contributed by atoms with Crippen LogP contribution in [0, 0.1) is 0 Å². The molecule has 28 heavy (non-hydrogen) atoms. The van der Waals surface area contributed by atoms with Gasteiger partial charge >= 0.3 is 0 Å². The van der Waals surface area contributed by atoms with Crippen molar-refractivity contribution >= 4 is 26.0 Å². The average Bonchev–Trinajstić information content (AvgIpc) is 2.71. The van der Waals surface area contributed by atoms with Crippen molar-refractivity contribution in [1.82, 2.24) is 0 Å². The van der Waals surface area contributed by atoms with Gasteiger partial charge in [0.25, 0.3) is 10.1 Å². The van der Waals surface area contributed by atoms with Crippen LogP contribution in [0.15, 0.2) is 35.2 Å². The maximum absolute atomic E-state index is 11.9. The monoisotopic (exact) mass is 484 g/mol. The summed E-state index contributed by atoms with van der Waals surface area (Å²) in [4.78, 5) is 0.131. The number of benzene rings is 1. The first-order chi connectivity index (χ1) is 13.7. The minimum absolute atomic E-state index is 0.0402. The lowest BCUT2D eigenvalue weighted by Gasteiger charge is -2.08. The molecule has 162 valence electrons. The summed E-state index contributed by atoms with van der Waals surface area (Å²) in [5.41, 5.74) is 0. The normalized spacial score (nSPS) is 11.8. The van der Waals surface area contributed by atoms with E-state index >= 15 is 0 Å². The van der Waals surface area contributed by atoms with Crippen molar-refractivity contribution in [2.75, 3.05) is 78.0 Å². The molecule has 0 aliphatic rings. The summed E-state index contributed by atoms with van der Waals surface area (Å²) in [6, 6.07) is 7.99. The molecule has 8 nitrogen and oxygen atoms in total. The Morgan fingerprint density at radius 1 is 0.607 bits per heavy atom. The van der Waals surface area contributed by atoms with Gasteiger partial charge in [0.15, 0.2) is 0 Å². The Morgan fingerprint density at radius 2 is 1.00 bits per heavy atom. The van der Waals surface area contributed by atoms with E-state index in [9.17, 15) is 8.42 Å². The smallest absolute Gasteiger partial charge is 0.297 e. The molecular weight excluding hydrogens is 456 g/mol. The summed E-state index contributed by atoms with van der Waals surface area (Å²) >= 11 is 3.28. The van der Waals surface area contributed by atoms with E-state index < -0.39 is 10.1 Å². The van der Waals surface area contributed by atoms with E-state index in [1.54, 1.807) is 18.2 Å². The average molecular weight is 485 g/mol. The fraction of sp³-hybridized carbons (Fsp3) is 0.667. The largest absolute Gasteiger partial charge is 0.378 e. The van der Waals surface area contributed by atoms with Gasteiger partial charge in [-0.25, -0.2) is 0 Å². The highest BCUT2D eigenvalue weighted by Crippen LogP contribution is 2.10. The van der Waals surface area contributed by atoms with Crippen LogP contribution in [0.25, 0.3) is 0 Å². The van der Waals surface area contributed by atoms with E-state index in [-0.39, 0.29) is 18.1 Å². The molecule has 0 N–H and O–H groups in total. The first-order valence-electron chi connectivity index (χ1n) is 9.06. The van der Waals surface area contributed by atoms with Crippen molar-refractivity contribution in [3.8, 4) is 0 Å². The van der Waals surface area contributed by atoms with Crippen LogP contribution in [-0.2, 0) is 38.0 Å². The van der Waals surface area contributed by atoms with Gasteiger partial charge in [0.1, 0.15) is 0 Å².